The lowest BCUT2D eigenvalue weighted by molar-refractivity contribution is -0.00874. The fourth-order valence-corrected chi connectivity index (χ4v) is 3.63. The van der Waals surface area contributed by atoms with Gasteiger partial charge in [-0.1, -0.05) is 6.92 Å². The highest BCUT2D eigenvalue weighted by atomic mass is 16.6. The van der Waals surface area contributed by atoms with E-state index in [9.17, 15) is 4.79 Å². The van der Waals surface area contributed by atoms with Gasteiger partial charge in [-0.05, 0) is 52.4 Å². The number of piperazine rings is 1. The van der Waals surface area contributed by atoms with Crippen LogP contribution < -0.4 is 5.73 Å². The van der Waals surface area contributed by atoms with E-state index in [1.165, 1.54) is 25.7 Å². The van der Waals surface area contributed by atoms with Crippen LogP contribution in [-0.2, 0) is 4.74 Å². The molecule has 1 saturated carbocycles. The number of amides is 1. The van der Waals surface area contributed by atoms with Crippen molar-refractivity contribution in [3.8, 4) is 0 Å². The minimum absolute atomic E-state index is 0.206. The molecule has 0 aromatic heterocycles. The van der Waals surface area contributed by atoms with Crippen LogP contribution in [0.4, 0.5) is 4.79 Å². The third-order valence-corrected chi connectivity index (χ3v) is 4.91. The summed E-state index contributed by atoms with van der Waals surface area (Å²) in [5, 5.41) is 0. The van der Waals surface area contributed by atoms with Crippen molar-refractivity contribution in [1.82, 2.24) is 9.80 Å². The van der Waals surface area contributed by atoms with Crippen molar-refractivity contribution in [2.75, 3.05) is 26.2 Å². The van der Waals surface area contributed by atoms with Gasteiger partial charge in [-0.25, -0.2) is 4.79 Å². The fraction of sp³-hybridized carbons (Fsp3) is 0.941. The molecule has 1 atom stereocenters. The van der Waals surface area contributed by atoms with Crippen molar-refractivity contribution in [3.63, 3.8) is 0 Å². The van der Waals surface area contributed by atoms with Crippen molar-refractivity contribution in [2.45, 2.75) is 71.1 Å². The first kappa shape index (κ1) is 17.5. The average Bonchev–Trinajstić information content (AvgIpc) is 2.45. The lowest BCUT2D eigenvalue weighted by atomic mass is 9.85. The first-order valence-electron chi connectivity index (χ1n) is 8.74. The van der Waals surface area contributed by atoms with Crippen LogP contribution in [0, 0.1) is 5.92 Å². The monoisotopic (exact) mass is 311 g/mol. The maximum absolute atomic E-state index is 12.2. The Kier molecular flexibility index (Phi) is 5.72. The molecule has 2 aliphatic rings. The molecular formula is C17H33N3O2. The van der Waals surface area contributed by atoms with Gasteiger partial charge in [0.2, 0.25) is 0 Å². The molecule has 0 aromatic carbocycles. The van der Waals surface area contributed by atoms with Crippen LogP contribution in [0.1, 0.15) is 53.4 Å². The molecule has 1 amide bonds. The van der Waals surface area contributed by atoms with Crippen LogP contribution in [0.3, 0.4) is 0 Å². The predicted molar refractivity (Wildman–Crippen MR) is 88.8 cm³/mol. The number of hydrogen-bond acceptors (Lipinski definition) is 4. The predicted octanol–water partition coefficient (Wildman–Crippen LogP) is 2.45. The van der Waals surface area contributed by atoms with E-state index >= 15 is 0 Å². The summed E-state index contributed by atoms with van der Waals surface area (Å²) in [5.74, 6) is 0.857. The number of carbonyl (C=O) groups is 1. The number of hydrogen-bond donors (Lipinski definition) is 1. The molecule has 1 heterocycles. The number of carbonyl (C=O) groups excluding carboxylic acids is 1. The highest BCUT2D eigenvalue weighted by molar-refractivity contribution is 5.68. The second-order valence-electron chi connectivity index (χ2n) is 7.97. The highest BCUT2D eigenvalue weighted by Gasteiger charge is 2.35. The number of nitrogens with zero attached hydrogens (tertiary/aromatic N) is 2. The fourth-order valence-electron chi connectivity index (χ4n) is 3.63. The summed E-state index contributed by atoms with van der Waals surface area (Å²) >= 11 is 0. The Hall–Kier alpha value is -0.810. The van der Waals surface area contributed by atoms with E-state index in [1.807, 2.05) is 25.7 Å². The zero-order chi connectivity index (χ0) is 16.3. The highest BCUT2D eigenvalue weighted by Crippen LogP contribution is 2.29. The van der Waals surface area contributed by atoms with Gasteiger partial charge in [-0.3, -0.25) is 4.90 Å². The molecular weight excluding hydrogens is 278 g/mol. The zero-order valence-corrected chi connectivity index (χ0v) is 14.7. The molecule has 2 rings (SSSR count). The Morgan fingerprint density at radius 1 is 1.18 bits per heavy atom. The van der Waals surface area contributed by atoms with E-state index in [1.54, 1.807) is 0 Å². The summed E-state index contributed by atoms with van der Waals surface area (Å²) in [6.07, 6.45) is 4.96. The molecule has 2 fully saturated rings. The lowest BCUT2D eigenvalue weighted by Crippen LogP contribution is -2.60. The van der Waals surface area contributed by atoms with Crippen molar-refractivity contribution < 1.29 is 9.53 Å². The minimum Gasteiger partial charge on any atom is -0.444 e. The largest absolute Gasteiger partial charge is 0.444 e. The van der Waals surface area contributed by atoms with E-state index in [-0.39, 0.29) is 12.1 Å². The van der Waals surface area contributed by atoms with Crippen LogP contribution in [0.15, 0.2) is 0 Å². The first-order valence-corrected chi connectivity index (χ1v) is 8.74. The maximum atomic E-state index is 12.2. The summed E-state index contributed by atoms with van der Waals surface area (Å²) in [5.41, 5.74) is 5.56. The second-order valence-corrected chi connectivity index (χ2v) is 7.97. The summed E-state index contributed by atoms with van der Waals surface area (Å²) in [6, 6.07) is 0.908. The Morgan fingerprint density at radius 3 is 2.36 bits per heavy atom. The Balaban J connectivity index is 1.92. The quantitative estimate of drug-likeness (QED) is 0.851. The van der Waals surface area contributed by atoms with Crippen LogP contribution in [0.25, 0.3) is 0 Å². The normalized spacial score (nSPS) is 31.1. The molecule has 0 spiro atoms. The summed E-state index contributed by atoms with van der Waals surface area (Å²) in [7, 11) is 0. The van der Waals surface area contributed by atoms with E-state index in [0.717, 1.165) is 19.0 Å². The summed E-state index contributed by atoms with van der Waals surface area (Å²) in [4.78, 5) is 16.6. The molecule has 1 saturated heterocycles. The van der Waals surface area contributed by atoms with Gasteiger partial charge in [0.05, 0.1) is 0 Å². The summed E-state index contributed by atoms with van der Waals surface area (Å²) < 4.78 is 5.49. The first-order chi connectivity index (χ1) is 10.3. The number of rotatable bonds is 2. The lowest BCUT2D eigenvalue weighted by Gasteiger charge is -2.46. The average molecular weight is 311 g/mol. The molecule has 1 aliphatic heterocycles. The van der Waals surface area contributed by atoms with Gasteiger partial charge in [-0.15, -0.1) is 0 Å². The maximum Gasteiger partial charge on any atom is 0.410 e. The molecule has 0 radical (unpaired) electrons. The molecule has 1 unspecified atom stereocenters. The van der Waals surface area contributed by atoms with Gasteiger partial charge in [-0.2, -0.15) is 0 Å². The van der Waals surface area contributed by atoms with Gasteiger partial charge in [0.15, 0.2) is 0 Å². The SMILES string of the molecule is CC1CCC(N2CCN(C(=O)OC(C)(C)C)CC2CN)CC1. The molecule has 0 aromatic rings. The van der Waals surface area contributed by atoms with Crippen LogP contribution in [0.5, 0.6) is 0 Å². The Morgan fingerprint density at radius 2 is 1.82 bits per heavy atom. The van der Waals surface area contributed by atoms with Crippen molar-refractivity contribution in [3.05, 3.63) is 0 Å². The van der Waals surface area contributed by atoms with Crippen LogP contribution in [-0.4, -0.2) is 59.8 Å². The van der Waals surface area contributed by atoms with Crippen LogP contribution in [0.2, 0.25) is 0 Å². The zero-order valence-electron chi connectivity index (χ0n) is 14.7. The Labute approximate surface area is 135 Å². The third kappa shape index (κ3) is 4.59. The third-order valence-electron chi connectivity index (χ3n) is 4.91. The van der Waals surface area contributed by atoms with E-state index < -0.39 is 5.60 Å². The minimum atomic E-state index is -0.439. The second kappa shape index (κ2) is 7.18. The standard InChI is InChI=1S/C17H33N3O2/c1-13-5-7-14(8-6-13)20-10-9-19(12-15(20)11-18)16(21)22-17(2,3)4/h13-15H,5-12,18H2,1-4H3. The van der Waals surface area contributed by atoms with Crippen molar-refractivity contribution in [2.24, 2.45) is 11.7 Å². The molecule has 5 heteroatoms. The van der Waals surface area contributed by atoms with E-state index in [2.05, 4.69) is 11.8 Å². The number of nitrogens with two attached hydrogens (primary N) is 1. The smallest absolute Gasteiger partial charge is 0.410 e. The molecule has 0 bridgehead atoms. The molecule has 5 nitrogen and oxygen atoms in total. The van der Waals surface area contributed by atoms with Crippen molar-refractivity contribution >= 4 is 6.09 Å². The van der Waals surface area contributed by atoms with Gasteiger partial charge >= 0.3 is 6.09 Å². The van der Waals surface area contributed by atoms with Gasteiger partial charge in [0.1, 0.15) is 5.60 Å². The topological polar surface area (TPSA) is 58.8 Å². The van der Waals surface area contributed by atoms with Gasteiger partial charge in [0.25, 0.3) is 0 Å². The summed E-state index contributed by atoms with van der Waals surface area (Å²) in [6.45, 7) is 11.0. The molecule has 1 aliphatic carbocycles. The van der Waals surface area contributed by atoms with E-state index in [0.29, 0.717) is 19.1 Å². The van der Waals surface area contributed by atoms with Crippen LogP contribution >= 0.6 is 0 Å². The van der Waals surface area contributed by atoms with Gasteiger partial charge < -0.3 is 15.4 Å². The van der Waals surface area contributed by atoms with Gasteiger partial charge in [0, 0.05) is 38.3 Å². The Bertz CT molecular complexity index is 373. The molecule has 128 valence electrons. The molecule has 2 N–H and O–H groups in total. The molecule has 22 heavy (non-hydrogen) atoms. The van der Waals surface area contributed by atoms with E-state index in [4.69, 9.17) is 10.5 Å². The number of ether oxygens (including phenoxy) is 1. The van der Waals surface area contributed by atoms with Crippen molar-refractivity contribution in [1.29, 1.82) is 0 Å².